The summed E-state index contributed by atoms with van der Waals surface area (Å²) in [5, 5.41) is 0. The lowest BCUT2D eigenvalue weighted by Gasteiger charge is -2.21. The fourth-order valence-electron chi connectivity index (χ4n) is 2.52. The standard InChI is InChI=1S/C16H17Cl2N5/c17-6-8-22(9-7-18)15-14-16(20-11-19-15)23(12-21-14)10-13-4-2-1-3-5-13/h1-5,11-12H,6-10H2. The number of alkyl halides is 2. The van der Waals surface area contributed by atoms with E-state index in [1.165, 1.54) is 5.56 Å². The number of imidazole rings is 1. The van der Waals surface area contributed by atoms with Gasteiger partial charge in [0, 0.05) is 24.8 Å². The van der Waals surface area contributed by atoms with Crippen molar-refractivity contribution in [3.05, 3.63) is 48.5 Å². The average Bonchev–Trinajstić information content (AvgIpc) is 2.99. The Kier molecular flexibility index (Phi) is 5.31. The topological polar surface area (TPSA) is 46.8 Å². The predicted octanol–water partition coefficient (Wildman–Crippen LogP) is 3.16. The molecule has 0 aliphatic rings. The summed E-state index contributed by atoms with van der Waals surface area (Å²) < 4.78 is 2.02. The largest absolute Gasteiger partial charge is 0.352 e. The predicted molar refractivity (Wildman–Crippen MR) is 94.5 cm³/mol. The molecule has 120 valence electrons. The highest BCUT2D eigenvalue weighted by atomic mass is 35.5. The van der Waals surface area contributed by atoms with Crippen LogP contribution in [0.5, 0.6) is 0 Å². The number of nitrogens with zero attached hydrogens (tertiary/aromatic N) is 5. The van der Waals surface area contributed by atoms with E-state index in [0.29, 0.717) is 24.8 Å². The molecular formula is C16H17Cl2N5. The van der Waals surface area contributed by atoms with E-state index >= 15 is 0 Å². The van der Waals surface area contributed by atoms with E-state index < -0.39 is 0 Å². The van der Waals surface area contributed by atoms with Crippen molar-refractivity contribution in [2.45, 2.75) is 6.54 Å². The maximum absolute atomic E-state index is 5.89. The molecule has 5 nitrogen and oxygen atoms in total. The van der Waals surface area contributed by atoms with Crippen LogP contribution in [0.15, 0.2) is 43.0 Å². The molecule has 0 saturated carbocycles. The fourth-order valence-corrected chi connectivity index (χ4v) is 2.93. The molecule has 1 aromatic carbocycles. The van der Waals surface area contributed by atoms with Gasteiger partial charge in [0.1, 0.15) is 6.33 Å². The molecule has 3 rings (SSSR count). The molecule has 3 aromatic rings. The third-order valence-corrected chi connectivity index (χ3v) is 3.92. The molecule has 0 aliphatic carbocycles. The van der Waals surface area contributed by atoms with Crippen molar-refractivity contribution in [1.82, 2.24) is 19.5 Å². The Morgan fingerprint density at radius 1 is 0.957 bits per heavy atom. The normalized spacial score (nSPS) is 11.0. The summed E-state index contributed by atoms with van der Waals surface area (Å²) in [5.41, 5.74) is 2.79. The summed E-state index contributed by atoms with van der Waals surface area (Å²) in [6.07, 6.45) is 3.37. The molecule has 0 unspecified atom stereocenters. The van der Waals surface area contributed by atoms with Crippen molar-refractivity contribution in [3.8, 4) is 0 Å². The molecule has 0 radical (unpaired) electrons. The molecule has 0 saturated heterocycles. The van der Waals surface area contributed by atoms with Crippen LogP contribution >= 0.6 is 23.2 Å². The second kappa shape index (κ2) is 7.62. The smallest absolute Gasteiger partial charge is 0.165 e. The summed E-state index contributed by atoms with van der Waals surface area (Å²) >= 11 is 11.8. The van der Waals surface area contributed by atoms with Crippen molar-refractivity contribution < 1.29 is 0 Å². The summed E-state index contributed by atoms with van der Waals surface area (Å²) in [4.78, 5) is 15.3. The summed E-state index contributed by atoms with van der Waals surface area (Å²) in [6.45, 7) is 2.07. The first-order valence-corrected chi connectivity index (χ1v) is 8.47. The molecule has 23 heavy (non-hydrogen) atoms. The van der Waals surface area contributed by atoms with Crippen LogP contribution in [0.1, 0.15) is 5.56 Å². The van der Waals surface area contributed by atoms with E-state index in [9.17, 15) is 0 Å². The number of halogens is 2. The quantitative estimate of drug-likeness (QED) is 0.614. The zero-order valence-electron chi connectivity index (χ0n) is 12.6. The number of benzene rings is 1. The van der Waals surface area contributed by atoms with E-state index in [2.05, 4.69) is 27.1 Å². The minimum absolute atomic E-state index is 0.507. The Hall–Kier alpha value is -1.85. The van der Waals surface area contributed by atoms with Crippen LogP contribution in [-0.4, -0.2) is 44.4 Å². The molecule has 0 N–H and O–H groups in total. The Morgan fingerprint density at radius 2 is 1.70 bits per heavy atom. The Morgan fingerprint density at radius 3 is 2.39 bits per heavy atom. The van der Waals surface area contributed by atoms with Crippen LogP contribution in [0.4, 0.5) is 5.82 Å². The van der Waals surface area contributed by atoms with Crippen LogP contribution in [-0.2, 0) is 6.54 Å². The fraction of sp³-hybridized carbons (Fsp3) is 0.312. The first-order valence-electron chi connectivity index (χ1n) is 7.40. The van der Waals surface area contributed by atoms with Gasteiger partial charge in [0.05, 0.1) is 12.9 Å². The molecule has 7 heteroatoms. The van der Waals surface area contributed by atoms with Gasteiger partial charge in [-0.3, -0.25) is 0 Å². The van der Waals surface area contributed by atoms with Crippen molar-refractivity contribution >= 4 is 40.2 Å². The van der Waals surface area contributed by atoms with Crippen molar-refractivity contribution in [2.75, 3.05) is 29.7 Å². The van der Waals surface area contributed by atoms with E-state index in [4.69, 9.17) is 23.2 Å². The van der Waals surface area contributed by atoms with Gasteiger partial charge in [-0.05, 0) is 5.56 Å². The van der Waals surface area contributed by atoms with E-state index in [1.54, 1.807) is 12.7 Å². The number of anilines is 1. The van der Waals surface area contributed by atoms with Crippen LogP contribution < -0.4 is 4.90 Å². The van der Waals surface area contributed by atoms with E-state index in [-0.39, 0.29) is 0 Å². The second-order valence-electron chi connectivity index (χ2n) is 5.09. The molecule has 0 aliphatic heterocycles. The van der Waals surface area contributed by atoms with Gasteiger partial charge in [-0.2, -0.15) is 0 Å². The first-order chi connectivity index (χ1) is 11.3. The Balaban J connectivity index is 1.96. The van der Waals surface area contributed by atoms with Gasteiger partial charge < -0.3 is 9.47 Å². The van der Waals surface area contributed by atoms with Gasteiger partial charge in [-0.15, -0.1) is 23.2 Å². The van der Waals surface area contributed by atoms with Crippen molar-refractivity contribution in [3.63, 3.8) is 0 Å². The lowest BCUT2D eigenvalue weighted by molar-refractivity contribution is 0.811. The summed E-state index contributed by atoms with van der Waals surface area (Å²) in [5.74, 6) is 1.79. The number of fused-ring (bicyclic) bond motifs is 1. The zero-order chi connectivity index (χ0) is 16.1. The zero-order valence-corrected chi connectivity index (χ0v) is 14.1. The molecule has 0 bridgehead atoms. The molecule has 0 amide bonds. The highest BCUT2D eigenvalue weighted by Gasteiger charge is 2.15. The highest BCUT2D eigenvalue weighted by Crippen LogP contribution is 2.22. The van der Waals surface area contributed by atoms with Crippen molar-refractivity contribution in [1.29, 1.82) is 0 Å². The van der Waals surface area contributed by atoms with Crippen molar-refractivity contribution in [2.24, 2.45) is 0 Å². The Bertz CT molecular complexity index is 754. The van der Waals surface area contributed by atoms with Crippen LogP contribution in [0.3, 0.4) is 0 Å². The maximum atomic E-state index is 5.89. The SMILES string of the molecule is ClCCN(CCCl)c1ncnc2c1ncn2Cc1ccccc1. The molecule has 0 spiro atoms. The van der Waals surface area contributed by atoms with Crippen LogP contribution in [0.25, 0.3) is 11.2 Å². The van der Waals surface area contributed by atoms with Crippen LogP contribution in [0, 0.1) is 0 Å². The third kappa shape index (κ3) is 3.57. The first kappa shape index (κ1) is 16.0. The van der Waals surface area contributed by atoms with Gasteiger partial charge in [-0.25, -0.2) is 15.0 Å². The number of rotatable bonds is 7. The lowest BCUT2D eigenvalue weighted by Crippen LogP contribution is -2.28. The second-order valence-corrected chi connectivity index (χ2v) is 5.85. The number of hydrogen-bond donors (Lipinski definition) is 0. The summed E-state index contributed by atoms with van der Waals surface area (Å²) in [6, 6.07) is 10.2. The Labute approximate surface area is 144 Å². The molecule has 2 aromatic heterocycles. The monoisotopic (exact) mass is 349 g/mol. The average molecular weight is 350 g/mol. The molecule has 2 heterocycles. The van der Waals surface area contributed by atoms with E-state index in [1.807, 2.05) is 27.7 Å². The lowest BCUT2D eigenvalue weighted by atomic mass is 10.2. The van der Waals surface area contributed by atoms with Crippen LogP contribution in [0.2, 0.25) is 0 Å². The minimum atomic E-state index is 0.507. The highest BCUT2D eigenvalue weighted by molar-refractivity contribution is 6.18. The van der Waals surface area contributed by atoms with Gasteiger partial charge >= 0.3 is 0 Å². The minimum Gasteiger partial charge on any atom is -0.352 e. The molecule has 0 atom stereocenters. The third-order valence-electron chi connectivity index (χ3n) is 3.59. The molecular weight excluding hydrogens is 333 g/mol. The van der Waals surface area contributed by atoms with Gasteiger partial charge in [0.25, 0.3) is 0 Å². The number of hydrogen-bond acceptors (Lipinski definition) is 4. The van der Waals surface area contributed by atoms with Gasteiger partial charge in [0.15, 0.2) is 17.0 Å². The van der Waals surface area contributed by atoms with Gasteiger partial charge in [0.2, 0.25) is 0 Å². The molecule has 0 fully saturated rings. The number of aromatic nitrogens is 4. The summed E-state index contributed by atoms with van der Waals surface area (Å²) in [7, 11) is 0. The van der Waals surface area contributed by atoms with Gasteiger partial charge in [-0.1, -0.05) is 30.3 Å². The van der Waals surface area contributed by atoms with E-state index in [0.717, 1.165) is 23.5 Å². The maximum Gasteiger partial charge on any atom is 0.165 e.